The van der Waals surface area contributed by atoms with E-state index in [1.165, 1.54) is 0 Å². The lowest BCUT2D eigenvalue weighted by Gasteiger charge is -2.09. The van der Waals surface area contributed by atoms with Crippen molar-refractivity contribution in [2.45, 2.75) is 13.5 Å². The highest BCUT2D eigenvalue weighted by molar-refractivity contribution is 9.10. The van der Waals surface area contributed by atoms with Crippen molar-refractivity contribution < 1.29 is 5.11 Å². The van der Waals surface area contributed by atoms with Crippen LogP contribution in [0.25, 0.3) is 0 Å². The minimum Gasteiger partial charge on any atom is -0.508 e. The maximum absolute atomic E-state index is 9.63. The number of pyridine rings is 1. The summed E-state index contributed by atoms with van der Waals surface area (Å²) in [6.07, 6.45) is 1.75. The molecule has 0 radical (unpaired) electrons. The van der Waals surface area contributed by atoms with Gasteiger partial charge in [0.2, 0.25) is 0 Å². The number of phenols is 1. The molecule has 2 aromatic rings. The van der Waals surface area contributed by atoms with Crippen molar-refractivity contribution in [3.8, 4) is 5.75 Å². The Hall–Kier alpha value is -1.55. The van der Waals surface area contributed by atoms with Crippen LogP contribution in [0.2, 0.25) is 0 Å². The van der Waals surface area contributed by atoms with E-state index in [4.69, 9.17) is 0 Å². The Bertz CT molecular complexity index is 529. The van der Waals surface area contributed by atoms with E-state index in [-0.39, 0.29) is 0 Å². The standard InChI is InChI=1S/C13H13BrN2O/c1-9-6-11(14)8-16-13(9)15-7-10-4-2-3-5-12(10)17/h2-6,8,17H,7H2,1H3,(H,15,16). The Morgan fingerprint density at radius 2 is 2.12 bits per heavy atom. The van der Waals surface area contributed by atoms with Crippen molar-refractivity contribution in [2.75, 3.05) is 5.32 Å². The molecule has 1 aromatic carbocycles. The quantitative estimate of drug-likeness (QED) is 0.910. The van der Waals surface area contributed by atoms with Gasteiger partial charge < -0.3 is 10.4 Å². The molecule has 2 N–H and O–H groups in total. The maximum atomic E-state index is 9.63. The predicted molar refractivity (Wildman–Crippen MR) is 72.1 cm³/mol. The molecule has 0 amide bonds. The number of phenolic OH excluding ortho intramolecular Hbond substituents is 1. The molecule has 17 heavy (non-hydrogen) atoms. The number of aromatic hydroxyl groups is 1. The van der Waals surface area contributed by atoms with Crippen LogP contribution in [0, 0.1) is 6.92 Å². The van der Waals surface area contributed by atoms with Gasteiger partial charge in [0, 0.05) is 22.8 Å². The minimum absolute atomic E-state index is 0.301. The van der Waals surface area contributed by atoms with Gasteiger partial charge in [-0.1, -0.05) is 18.2 Å². The van der Waals surface area contributed by atoms with Gasteiger partial charge in [0.15, 0.2) is 0 Å². The summed E-state index contributed by atoms with van der Waals surface area (Å²) in [6.45, 7) is 2.55. The van der Waals surface area contributed by atoms with Crippen LogP contribution >= 0.6 is 15.9 Å². The number of hydrogen-bond acceptors (Lipinski definition) is 3. The zero-order valence-electron chi connectivity index (χ0n) is 9.44. The molecule has 88 valence electrons. The van der Waals surface area contributed by atoms with E-state index in [2.05, 4.69) is 26.2 Å². The molecule has 0 bridgehead atoms. The molecule has 3 nitrogen and oxygen atoms in total. The third-order valence-electron chi connectivity index (χ3n) is 2.48. The highest BCUT2D eigenvalue weighted by Crippen LogP contribution is 2.20. The minimum atomic E-state index is 0.301. The lowest BCUT2D eigenvalue weighted by Crippen LogP contribution is -2.03. The zero-order chi connectivity index (χ0) is 12.3. The Labute approximate surface area is 109 Å². The molecule has 0 aliphatic carbocycles. The SMILES string of the molecule is Cc1cc(Br)cnc1NCc1ccccc1O. The smallest absolute Gasteiger partial charge is 0.129 e. The second kappa shape index (κ2) is 5.19. The zero-order valence-corrected chi connectivity index (χ0v) is 11.0. The monoisotopic (exact) mass is 292 g/mol. The maximum Gasteiger partial charge on any atom is 0.129 e. The largest absolute Gasteiger partial charge is 0.508 e. The van der Waals surface area contributed by atoms with Crippen LogP contribution in [0.1, 0.15) is 11.1 Å². The molecule has 2 rings (SSSR count). The summed E-state index contributed by atoms with van der Waals surface area (Å²) in [5.41, 5.74) is 1.92. The predicted octanol–water partition coefficient (Wildman–Crippen LogP) is 3.47. The average molecular weight is 293 g/mol. The van der Waals surface area contributed by atoms with E-state index in [9.17, 15) is 5.11 Å². The fourth-order valence-corrected chi connectivity index (χ4v) is 2.01. The summed E-state index contributed by atoms with van der Waals surface area (Å²) in [5.74, 6) is 1.13. The van der Waals surface area contributed by atoms with E-state index in [0.29, 0.717) is 12.3 Å². The number of aromatic nitrogens is 1. The van der Waals surface area contributed by atoms with E-state index in [0.717, 1.165) is 21.4 Å². The van der Waals surface area contributed by atoms with Crippen molar-refractivity contribution in [2.24, 2.45) is 0 Å². The average Bonchev–Trinajstić information content (AvgIpc) is 2.30. The summed E-state index contributed by atoms with van der Waals surface area (Å²) in [4.78, 5) is 4.28. The van der Waals surface area contributed by atoms with E-state index in [1.54, 1.807) is 12.3 Å². The van der Waals surface area contributed by atoms with Gasteiger partial charge in [-0.05, 0) is 40.5 Å². The Morgan fingerprint density at radius 1 is 1.35 bits per heavy atom. The van der Waals surface area contributed by atoms with Gasteiger partial charge in [-0.2, -0.15) is 0 Å². The van der Waals surface area contributed by atoms with Crippen LogP contribution < -0.4 is 5.32 Å². The molecule has 1 aromatic heterocycles. The number of rotatable bonds is 3. The normalized spacial score (nSPS) is 10.2. The first-order chi connectivity index (χ1) is 8.16. The molecule has 4 heteroatoms. The van der Waals surface area contributed by atoms with E-state index >= 15 is 0 Å². The highest BCUT2D eigenvalue weighted by atomic mass is 79.9. The number of nitrogens with zero attached hydrogens (tertiary/aromatic N) is 1. The molecule has 0 spiro atoms. The van der Waals surface area contributed by atoms with Gasteiger partial charge in [-0.25, -0.2) is 4.98 Å². The van der Waals surface area contributed by atoms with Crippen molar-refractivity contribution in [3.63, 3.8) is 0 Å². The van der Waals surface area contributed by atoms with Crippen LogP contribution in [-0.2, 0) is 6.54 Å². The van der Waals surface area contributed by atoms with Crippen molar-refractivity contribution in [1.82, 2.24) is 4.98 Å². The molecule has 0 unspecified atom stereocenters. The Kier molecular flexibility index (Phi) is 3.64. The molecule has 0 saturated heterocycles. The first-order valence-corrected chi connectivity index (χ1v) is 6.09. The molecular weight excluding hydrogens is 280 g/mol. The van der Waals surface area contributed by atoms with Gasteiger partial charge >= 0.3 is 0 Å². The topological polar surface area (TPSA) is 45.2 Å². The van der Waals surface area contributed by atoms with Crippen LogP contribution in [0.15, 0.2) is 41.0 Å². The number of para-hydroxylation sites is 1. The summed E-state index contributed by atoms with van der Waals surface area (Å²) >= 11 is 3.37. The number of nitrogens with one attached hydrogen (secondary N) is 1. The molecule has 0 fully saturated rings. The van der Waals surface area contributed by atoms with Crippen LogP contribution in [-0.4, -0.2) is 10.1 Å². The van der Waals surface area contributed by atoms with Crippen LogP contribution in [0.4, 0.5) is 5.82 Å². The summed E-state index contributed by atoms with van der Waals surface area (Å²) < 4.78 is 0.961. The third-order valence-corrected chi connectivity index (χ3v) is 2.92. The van der Waals surface area contributed by atoms with Crippen molar-refractivity contribution >= 4 is 21.7 Å². The first kappa shape index (κ1) is 11.9. The van der Waals surface area contributed by atoms with Gasteiger partial charge in [0.05, 0.1) is 0 Å². The van der Waals surface area contributed by atoms with Gasteiger partial charge in [-0.3, -0.25) is 0 Å². The molecule has 0 aliphatic heterocycles. The molecule has 0 atom stereocenters. The number of halogens is 1. The van der Waals surface area contributed by atoms with Crippen LogP contribution in [0.3, 0.4) is 0 Å². The van der Waals surface area contributed by atoms with Crippen LogP contribution in [0.5, 0.6) is 5.75 Å². The second-order valence-corrected chi connectivity index (χ2v) is 4.72. The first-order valence-electron chi connectivity index (χ1n) is 5.29. The number of benzene rings is 1. The number of hydrogen-bond donors (Lipinski definition) is 2. The molecule has 1 heterocycles. The van der Waals surface area contributed by atoms with Gasteiger partial charge in [0.25, 0.3) is 0 Å². The lowest BCUT2D eigenvalue weighted by molar-refractivity contribution is 0.469. The number of aryl methyl sites for hydroxylation is 1. The summed E-state index contributed by atoms with van der Waals surface area (Å²) in [6, 6.07) is 9.27. The van der Waals surface area contributed by atoms with E-state index in [1.807, 2.05) is 31.2 Å². The van der Waals surface area contributed by atoms with Crippen molar-refractivity contribution in [1.29, 1.82) is 0 Å². The van der Waals surface area contributed by atoms with E-state index < -0.39 is 0 Å². The molecular formula is C13H13BrN2O. The highest BCUT2D eigenvalue weighted by Gasteiger charge is 2.02. The lowest BCUT2D eigenvalue weighted by atomic mass is 10.2. The van der Waals surface area contributed by atoms with Gasteiger partial charge in [0.1, 0.15) is 11.6 Å². The summed E-state index contributed by atoms with van der Waals surface area (Å²) in [5, 5.41) is 12.8. The fourth-order valence-electron chi connectivity index (χ4n) is 1.56. The molecule has 0 aliphatic rings. The Morgan fingerprint density at radius 3 is 2.82 bits per heavy atom. The second-order valence-electron chi connectivity index (χ2n) is 3.80. The Balaban J connectivity index is 2.10. The van der Waals surface area contributed by atoms with Gasteiger partial charge in [-0.15, -0.1) is 0 Å². The van der Waals surface area contributed by atoms with Crippen molar-refractivity contribution in [3.05, 3.63) is 52.1 Å². The molecule has 0 saturated carbocycles. The number of anilines is 1. The fraction of sp³-hybridized carbons (Fsp3) is 0.154. The summed E-state index contributed by atoms with van der Waals surface area (Å²) in [7, 11) is 0. The third kappa shape index (κ3) is 2.97.